The number of carbonyl (C=O) groups excluding carboxylic acids is 1. The Balaban J connectivity index is 1.43. The Kier molecular flexibility index (Phi) is 5.08. The van der Waals surface area contributed by atoms with E-state index in [-0.39, 0.29) is 5.91 Å². The fourth-order valence-electron chi connectivity index (χ4n) is 2.95. The van der Waals surface area contributed by atoms with Crippen molar-refractivity contribution < 1.29 is 9.53 Å². The van der Waals surface area contributed by atoms with Gasteiger partial charge in [0.25, 0.3) is 5.91 Å². The molecule has 0 saturated carbocycles. The molecule has 0 aliphatic carbocycles. The molecule has 4 rings (SSSR count). The number of nitrogens with zero attached hydrogens (tertiary/aromatic N) is 3. The molecule has 2 aromatic carbocycles. The highest BCUT2D eigenvalue weighted by molar-refractivity contribution is 7.09. The van der Waals surface area contributed by atoms with Crippen LogP contribution in [0.2, 0.25) is 0 Å². The first-order chi connectivity index (χ1) is 13.6. The van der Waals surface area contributed by atoms with Crippen molar-refractivity contribution in [3.8, 4) is 5.75 Å². The summed E-state index contributed by atoms with van der Waals surface area (Å²) in [6.45, 7) is 2.75. The lowest BCUT2D eigenvalue weighted by Gasteiger charge is -2.16. The van der Waals surface area contributed by atoms with E-state index in [1.807, 2.05) is 48.7 Å². The normalized spacial score (nSPS) is 10.9. The highest BCUT2D eigenvalue weighted by Gasteiger charge is 2.15. The van der Waals surface area contributed by atoms with E-state index in [1.165, 1.54) is 0 Å². The third-order valence-electron chi connectivity index (χ3n) is 4.31. The van der Waals surface area contributed by atoms with Gasteiger partial charge in [0.05, 0.1) is 28.3 Å². The lowest BCUT2D eigenvalue weighted by atomic mass is 10.2. The molecular weight excluding hydrogens is 372 g/mol. The third-order valence-corrected chi connectivity index (χ3v) is 5.13. The second kappa shape index (κ2) is 7.82. The average Bonchev–Trinajstić information content (AvgIpc) is 3.31. The van der Waals surface area contributed by atoms with Crippen molar-refractivity contribution in [2.75, 3.05) is 7.05 Å². The highest BCUT2D eigenvalue weighted by atomic mass is 32.1. The van der Waals surface area contributed by atoms with Crippen molar-refractivity contribution in [1.82, 2.24) is 19.9 Å². The maximum atomic E-state index is 12.8. The van der Waals surface area contributed by atoms with Crippen LogP contribution < -0.4 is 4.74 Å². The number of H-pyrrole nitrogens is 1. The number of nitrogens with one attached hydrogen (secondary N) is 1. The van der Waals surface area contributed by atoms with Crippen molar-refractivity contribution in [1.29, 1.82) is 0 Å². The van der Waals surface area contributed by atoms with Crippen LogP contribution in [-0.2, 0) is 13.2 Å². The van der Waals surface area contributed by atoms with Crippen molar-refractivity contribution in [3.05, 3.63) is 76.0 Å². The monoisotopic (exact) mass is 392 g/mol. The zero-order chi connectivity index (χ0) is 19.5. The van der Waals surface area contributed by atoms with E-state index in [0.29, 0.717) is 24.5 Å². The van der Waals surface area contributed by atoms with Gasteiger partial charge in [-0.25, -0.2) is 9.97 Å². The number of amides is 1. The molecule has 0 saturated heterocycles. The number of aromatic nitrogens is 3. The second-order valence-corrected chi connectivity index (χ2v) is 7.60. The van der Waals surface area contributed by atoms with Crippen LogP contribution in [0.5, 0.6) is 5.75 Å². The minimum atomic E-state index is -0.0876. The summed E-state index contributed by atoms with van der Waals surface area (Å²) in [5.74, 6) is 1.31. The first-order valence-electron chi connectivity index (χ1n) is 8.91. The van der Waals surface area contributed by atoms with Crippen LogP contribution in [0.1, 0.15) is 26.9 Å². The molecule has 2 aromatic heterocycles. The van der Waals surface area contributed by atoms with Crippen LogP contribution in [0, 0.1) is 6.92 Å². The van der Waals surface area contributed by atoms with E-state index >= 15 is 0 Å². The van der Waals surface area contributed by atoms with Gasteiger partial charge in [0.2, 0.25) is 0 Å². The van der Waals surface area contributed by atoms with Gasteiger partial charge in [-0.2, -0.15) is 0 Å². The summed E-state index contributed by atoms with van der Waals surface area (Å²) in [6.07, 6.45) is 0. The Morgan fingerprint density at radius 1 is 1.18 bits per heavy atom. The number of carbonyl (C=O) groups is 1. The number of fused-ring (bicyclic) bond motifs is 1. The number of thiazole rings is 1. The summed E-state index contributed by atoms with van der Waals surface area (Å²) in [6, 6.07) is 15.0. The molecule has 0 bridgehead atoms. The van der Waals surface area contributed by atoms with Crippen LogP contribution in [0.4, 0.5) is 0 Å². The maximum Gasteiger partial charge on any atom is 0.254 e. The topological polar surface area (TPSA) is 71.1 Å². The van der Waals surface area contributed by atoms with Crippen LogP contribution in [0.15, 0.2) is 53.9 Å². The second-order valence-electron chi connectivity index (χ2n) is 6.54. The largest absolute Gasteiger partial charge is 0.487 e. The molecule has 1 N–H and O–H groups in total. The quantitative estimate of drug-likeness (QED) is 0.534. The van der Waals surface area contributed by atoms with Crippen LogP contribution in [0.3, 0.4) is 0 Å². The molecule has 28 heavy (non-hydrogen) atoms. The molecule has 1 amide bonds. The standard InChI is InChI=1S/C21H20N4O2S/c1-14-22-16(13-28-14)12-27-17-7-5-6-15(10-17)21(26)25(2)11-20-23-18-8-3-4-9-19(18)24-20/h3-10,13H,11-12H2,1-2H3,(H,23,24). The SMILES string of the molecule is Cc1nc(COc2cccc(C(=O)N(C)Cc3nc4ccccc4[nH]3)c2)cs1. The number of benzene rings is 2. The number of para-hydroxylation sites is 2. The van der Waals surface area contributed by atoms with E-state index in [2.05, 4.69) is 15.0 Å². The summed E-state index contributed by atoms with van der Waals surface area (Å²) in [7, 11) is 1.76. The molecule has 6 nitrogen and oxygen atoms in total. The molecule has 2 heterocycles. The Bertz CT molecular complexity index is 1090. The molecular formula is C21H20N4O2S. The van der Waals surface area contributed by atoms with Crippen LogP contribution >= 0.6 is 11.3 Å². The average molecular weight is 392 g/mol. The number of ether oxygens (including phenoxy) is 1. The van der Waals surface area contributed by atoms with Gasteiger partial charge in [-0.3, -0.25) is 4.79 Å². The minimum Gasteiger partial charge on any atom is -0.487 e. The molecule has 0 radical (unpaired) electrons. The van der Waals surface area contributed by atoms with Gasteiger partial charge in [-0.15, -0.1) is 11.3 Å². The number of aryl methyl sites for hydroxylation is 1. The predicted octanol–water partition coefficient (Wildman–Crippen LogP) is 4.18. The smallest absolute Gasteiger partial charge is 0.254 e. The summed E-state index contributed by atoms with van der Waals surface area (Å²) in [5, 5.41) is 2.99. The van der Waals surface area contributed by atoms with E-state index in [0.717, 1.165) is 27.6 Å². The third kappa shape index (κ3) is 4.04. The van der Waals surface area contributed by atoms with Gasteiger partial charge in [0.1, 0.15) is 18.2 Å². The van der Waals surface area contributed by atoms with E-state index in [4.69, 9.17) is 4.74 Å². The zero-order valence-corrected chi connectivity index (χ0v) is 16.5. The van der Waals surface area contributed by atoms with Gasteiger partial charge < -0.3 is 14.6 Å². The first kappa shape index (κ1) is 18.2. The molecule has 0 spiro atoms. The fourth-order valence-corrected chi connectivity index (χ4v) is 3.55. The number of imidazole rings is 1. The minimum absolute atomic E-state index is 0.0876. The van der Waals surface area contributed by atoms with E-state index in [9.17, 15) is 4.79 Å². The predicted molar refractivity (Wildman–Crippen MR) is 110 cm³/mol. The summed E-state index contributed by atoms with van der Waals surface area (Å²) < 4.78 is 5.79. The molecule has 0 aliphatic heterocycles. The summed E-state index contributed by atoms with van der Waals surface area (Å²) in [5.41, 5.74) is 3.32. The van der Waals surface area contributed by atoms with Crippen molar-refractivity contribution >= 4 is 28.3 Å². The highest BCUT2D eigenvalue weighted by Crippen LogP contribution is 2.18. The van der Waals surface area contributed by atoms with Crippen molar-refractivity contribution in [3.63, 3.8) is 0 Å². The fraction of sp³-hybridized carbons (Fsp3) is 0.190. The lowest BCUT2D eigenvalue weighted by Crippen LogP contribution is -2.26. The number of rotatable bonds is 6. The molecule has 0 atom stereocenters. The Labute approximate surface area is 166 Å². The Hall–Kier alpha value is -3.19. The van der Waals surface area contributed by atoms with E-state index in [1.54, 1.807) is 35.4 Å². The molecule has 7 heteroatoms. The first-order valence-corrected chi connectivity index (χ1v) is 9.79. The van der Waals surface area contributed by atoms with Crippen LogP contribution in [0.25, 0.3) is 11.0 Å². The maximum absolute atomic E-state index is 12.8. The lowest BCUT2D eigenvalue weighted by molar-refractivity contribution is 0.0781. The molecule has 0 fully saturated rings. The van der Waals surface area contributed by atoms with Crippen molar-refractivity contribution in [2.24, 2.45) is 0 Å². The van der Waals surface area contributed by atoms with E-state index < -0.39 is 0 Å². The molecule has 0 aliphatic rings. The molecule has 142 valence electrons. The van der Waals surface area contributed by atoms with Crippen LogP contribution in [-0.4, -0.2) is 32.8 Å². The summed E-state index contributed by atoms with van der Waals surface area (Å²) in [4.78, 5) is 26.6. The molecule has 4 aromatic rings. The van der Waals surface area contributed by atoms with Gasteiger partial charge >= 0.3 is 0 Å². The molecule has 0 unspecified atom stereocenters. The Morgan fingerprint density at radius 2 is 2.04 bits per heavy atom. The summed E-state index contributed by atoms with van der Waals surface area (Å²) >= 11 is 1.59. The number of hydrogen-bond acceptors (Lipinski definition) is 5. The van der Waals surface area contributed by atoms with Crippen molar-refractivity contribution in [2.45, 2.75) is 20.1 Å². The Morgan fingerprint density at radius 3 is 2.82 bits per heavy atom. The van der Waals surface area contributed by atoms with Gasteiger partial charge in [0.15, 0.2) is 0 Å². The number of aromatic amines is 1. The van der Waals surface area contributed by atoms with Gasteiger partial charge in [0, 0.05) is 18.0 Å². The van der Waals surface area contributed by atoms with Gasteiger partial charge in [-0.05, 0) is 37.3 Å². The van der Waals surface area contributed by atoms with Gasteiger partial charge in [-0.1, -0.05) is 18.2 Å². The zero-order valence-electron chi connectivity index (χ0n) is 15.7. The number of hydrogen-bond donors (Lipinski definition) is 1.